The molecule has 1 aliphatic rings. The van der Waals surface area contributed by atoms with Gasteiger partial charge in [-0.25, -0.2) is 22.4 Å². The highest BCUT2D eigenvalue weighted by atomic mass is 19.1. The van der Waals surface area contributed by atoms with E-state index in [4.69, 9.17) is 19.9 Å². The van der Waals surface area contributed by atoms with Crippen molar-refractivity contribution in [2.75, 3.05) is 25.1 Å². The van der Waals surface area contributed by atoms with E-state index < -0.39 is 47.7 Å². The van der Waals surface area contributed by atoms with E-state index in [1.54, 1.807) is 31.2 Å². The van der Waals surface area contributed by atoms with Crippen LogP contribution in [0.5, 0.6) is 5.75 Å². The Morgan fingerprint density at radius 2 is 1.63 bits per heavy atom. The van der Waals surface area contributed by atoms with E-state index in [0.29, 0.717) is 17.7 Å². The molecule has 13 heteroatoms. The summed E-state index contributed by atoms with van der Waals surface area (Å²) in [6.45, 7) is 2.43. The molecular weight excluding hydrogens is 644 g/mol. The summed E-state index contributed by atoms with van der Waals surface area (Å²) in [4.78, 5) is 24.6. The van der Waals surface area contributed by atoms with Crippen LogP contribution in [-0.4, -0.2) is 56.1 Å². The third kappa shape index (κ3) is 9.71. The van der Waals surface area contributed by atoms with Gasteiger partial charge in [0.05, 0.1) is 18.3 Å². The molecule has 0 radical (unpaired) electrons. The summed E-state index contributed by atoms with van der Waals surface area (Å²) in [7, 11) is 0. The lowest BCUT2D eigenvalue weighted by Crippen LogP contribution is -2.53. The van der Waals surface area contributed by atoms with Gasteiger partial charge in [0.1, 0.15) is 42.3 Å². The summed E-state index contributed by atoms with van der Waals surface area (Å²) in [6.07, 6.45) is -1.73. The van der Waals surface area contributed by atoms with Gasteiger partial charge in [-0.05, 0) is 72.1 Å². The van der Waals surface area contributed by atoms with E-state index in [0.717, 1.165) is 5.56 Å². The number of amides is 2. The van der Waals surface area contributed by atoms with Gasteiger partial charge in [0.2, 0.25) is 5.91 Å². The number of para-hydroxylation sites is 1. The van der Waals surface area contributed by atoms with Gasteiger partial charge in [0.25, 0.3) is 0 Å². The number of hydrogen-bond acceptors (Lipinski definition) is 7. The Labute approximate surface area is 280 Å². The monoisotopic (exact) mass is 680 g/mol. The Morgan fingerprint density at radius 1 is 0.939 bits per heavy atom. The first-order chi connectivity index (χ1) is 23.5. The Hall–Kier alpha value is -5.14. The topological polar surface area (TPSA) is 124 Å². The van der Waals surface area contributed by atoms with Crippen LogP contribution in [0.4, 0.5) is 28.0 Å². The maximum atomic E-state index is 15.1. The van der Waals surface area contributed by atoms with Gasteiger partial charge < -0.3 is 35.9 Å². The molecule has 1 aliphatic heterocycles. The molecule has 0 aliphatic carbocycles. The van der Waals surface area contributed by atoms with Gasteiger partial charge in [-0.1, -0.05) is 36.4 Å². The lowest BCUT2D eigenvalue weighted by atomic mass is 9.98. The van der Waals surface area contributed by atoms with Crippen molar-refractivity contribution in [2.24, 2.45) is 5.73 Å². The predicted molar refractivity (Wildman–Crippen MR) is 175 cm³/mol. The Kier molecular flexibility index (Phi) is 11.7. The lowest BCUT2D eigenvalue weighted by molar-refractivity contribution is -0.118. The highest BCUT2D eigenvalue weighted by molar-refractivity contribution is 5.84. The number of benzene rings is 4. The zero-order chi connectivity index (χ0) is 34.9. The molecule has 1 heterocycles. The molecule has 258 valence electrons. The average molecular weight is 681 g/mol. The number of alkyl carbamates (subject to hydrolysis) is 1. The van der Waals surface area contributed by atoms with Crippen molar-refractivity contribution in [2.45, 2.75) is 44.2 Å². The smallest absolute Gasteiger partial charge is 0.407 e. The van der Waals surface area contributed by atoms with Gasteiger partial charge in [-0.2, -0.15) is 0 Å². The minimum Gasteiger partial charge on any atom is -0.483 e. The molecule has 4 aromatic rings. The maximum Gasteiger partial charge on any atom is 0.407 e. The molecule has 0 aromatic heterocycles. The number of carbonyl (C=O) groups excluding carboxylic acids is 2. The molecule has 1 saturated heterocycles. The number of nitrogens with two attached hydrogens (primary N) is 1. The number of halogens is 4. The van der Waals surface area contributed by atoms with Crippen LogP contribution >= 0.6 is 0 Å². The van der Waals surface area contributed by atoms with E-state index in [9.17, 15) is 22.8 Å². The SMILES string of the molecule is C[C@H](Oc1c(F)cccc1N[C@@H](Cc1ccc(F)c(-c2ccc(F)cc2)c1)C(N)=O)[C@@H]1CN[C@H](COC(=O)NCc2ccc(F)cc2)CO1. The third-order valence-corrected chi connectivity index (χ3v) is 7.98. The molecule has 5 N–H and O–H groups in total. The molecule has 9 nitrogen and oxygen atoms in total. The fourth-order valence-corrected chi connectivity index (χ4v) is 5.25. The number of ether oxygens (including phenoxy) is 3. The van der Waals surface area contributed by atoms with Gasteiger partial charge in [-0.15, -0.1) is 0 Å². The number of anilines is 1. The standard InChI is InChI=1S/C36H36F4N4O5/c1-21(33-18-42-27(19-47-33)20-48-36(46)43-17-22-5-10-25(37)11-6-22)49-34-30(40)3-2-4-31(34)44-32(35(41)45)16-23-7-14-29(39)28(15-23)24-8-12-26(38)13-9-24/h2-15,21,27,32-33,42,44H,16-20H2,1H3,(H2,41,45)(H,43,46)/t21-,27-,32-,33-/m0/s1. The second-order valence-corrected chi connectivity index (χ2v) is 11.6. The normalized spacial score (nSPS) is 17.1. The van der Waals surface area contributed by atoms with E-state index in [1.807, 2.05) is 0 Å². The number of nitrogens with one attached hydrogen (secondary N) is 3. The van der Waals surface area contributed by atoms with Gasteiger partial charge >= 0.3 is 6.09 Å². The molecule has 49 heavy (non-hydrogen) atoms. The fraction of sp³-hybridized carbons (Fsp3) is 0.278. The predicted octanol–water partition coefficient (Wildman–Crippen LogP) is 5.47. The van der Waals surface area contributed by atoms with E-state index in [1.165, 1.54) is 60.7 Å². The maximum absolute atomic E-state index is 15.1. The van der Waals surface area contributed by atoms with Crippen molar-refractivity contribution in [1.29, 1.82) is 0 Å². The Balaban J connectivity index is 1.15. The number of hydrogen-bond donors (Lipinski definition) is 4. The van der Waals surface area contributed by atoms with Crippen molar-refractivity contribution < 1.29 is 41.4 Å². The second kappa shape index (κ2) is 16.3. The van der Waals surface area contributed by atoms with Gasteiger partial charge in [-0.3, -0.25) is 4.79 Å². The van der Waals surface area contributed by atoms with Crippen LogP contribution in [0.25, 0.3) is 11.1 Å². The molecule has 1 fully saturated rings. The minimum atomic E-state index is -1.02. The minimum absolute atomic E-state index is 0.0343. The first-order valence-corrected chi connectivity index (χ1v) is 15.6. The van der Waals surface area contributed by atoms with Crippen LogP contribution in [-0.2, 0) is 27.2 Å². The van der Waals surface area contributed by atoms with Crippen LogP contribution in [0.1, 0.15) is 18.1 Å². The molecule has 5 rings (SSSR count). The van der Waals surface area contributed by atoms with Crippen LogP contribution in [0.2, 0.25) is 0 Å². The van der Waals surface area contributed by atoms with Crippen molar-refractivity contribution in [1.82, 2.24) is 10.6 Å². The molecule has 2 amide bonds. The molecular formula is C36H36F4N4O5. The van der Waals surface area contributed by atoms with E-state index in [2.05, 4.69) is 16.0 Å². The van der Waals surface area contributed by atoms with Crippen LogP contribution in [0.15, 0.2) is 84.9 Å². The first-order valence-electron chi connectivity index (χ1n) is 15.6. The van der Waals surface area contributed by atoms with Gasteiger partial charge in [0, 0.05) is 25.1 Å². The van der Waals surface area contributed by atoms with Crippen molar-refractivity contribution in [3.05, 3.63) is 119 Å². The molecule has 4 atom stereocenters. The van der Waals surface area contributed by atoms with Crippen molar-refractivity contribution in [3.8, 4) is 16.9 Å². The zero-order valence-corrected chi connectivity index (χ0v) is 26.6. The number of primary amides is 1. The summed E-state index contributed by atoms with van der Waals surface area (Å²) >= 11 is 0. The summed E-state index contributed by atoms with van der Waals surface area (Å²) in [5.41, 5.74) is 7.86. The number of rotatable bonds is 13. The number of carbonyl (C=O) groups is 2. The second-order valence-electron chi connectivity index (χ2n) is 11.6. The quantitative estimate of drug-likeness (QED) is 0.138. The third-order valence-electron chi connectivity index (χ3n) is 7.98. The molecule has 0 unspecified atom stereocenters. The highest BCUT2D eigenvalue weighted by Crippen LogP contribution is 2.31. The summed E-state index contributed by atoms with van der Waals surface area (Å²) in [5, 5.41) is 8.80. The van der Waals surface area contributed by atoms with Gasteiger partial charge in [0.15, 0.2) is 11.6 Å². The van der Waals surface area contributed by atoms with Crippen molar-refractivity contribution >= 4 is 17.7 Å². The summed E-state index contributed by atoms with van der Waals surface area (Å²) in [5.74, 6) is -2.89. The Morgan fingerprint density at radius 3 is 2.31 bits per heavy atom. The summed E-state index contributed by atoms with van der Waals surface area (Å²) in [6, 6.07) is 18.3. The van der Waals surface area contributed by atoms with Crippen LogP contribution < -0.4 is 26.4 Å². The molecule has 0 spiro atoms. The summed E-state index contributed by atoms with van der Waals surface area (Å²) < 4.78 is 73.4. The van der Waals surface area contributed by atoms with Crippen molar-refractivity contribution in [3.63, 3.8) is 0 Å². The molecule has 0 saturated carbocycles. The van der Waals surface area contributed by atoms with E-state index >= 15 is 4.39 Å². The molecule has 0 bridgehead atoms. The fourth-order valence-electron chi connectivity index (χ4n) is 5.25. The highest BCUT2D eigenvalue weighted by Gasteiger charge is 2.29. The van der Waals surface area contributed by atoms with Crippen LogP contribution in [0.3, 0.4) is 0 Å². The average Bonchev–Trinajstić information content (AvgIpc) is 3.09. The van der Waals surface area contributed by atoms with Crippen LogP contribution in [0, 0.1) is 23.3 Å². The largest absolute Gasteiger partial charge is 0.483 e. The zero-order valence-electron chi connectivity index (χ0n) is 26.6. The number of morpholine rings is 1. The van der Waals surface area contributed by atoms with E-state index in [-0.39, 0.29) is 55.0 Å². The lowest BCUT2D eigenvalue weighted by Gasteiger charge is -2.33. The first kappa shape index (κ1) is 35.2. The molecule has 4 aromatic carbocycles. The Bertz CT molecular complexity index is 1730.